The highest BCUT2D eigenvalue weighted by atomic mass is 127. The molecule has 0 radical (unpaired) electrons. The van der Waals surface area contributed by atoms with E-state index in [0.717, 1.165) is 0 Å². The number of amides is 1. The summed E-state index contributed by atoms with van der Waals surface area (Å²) in [7, 11) is 0. The first kappa shape index (κ1) is 21.5. The lowest BCUT2D eigenvalue weighted by atomic mass is 10.1. The summed E-state index contributed by atoms with van der Waals surface area (Å²) in [5.74, 6) is 0.530. The number of guanidine groups is 1. The molecule has 6 nitrogen and oxygen atoms in total. The molecule has 1 amide bonds. The highest BCUT2D eigenvalue weighted by Crippen LogP contribution is 2.12. The van der Waals surface area contributed by atoms with E-state index in [4.69, 9.17) is 10.5 Å². The molecule has 0 unspecified atom stereocenters. The number of piperazine rings is 1. The molecule has 0 bridgehead atoms. The van der Waals surface area contributed by atoms with Gasteiger partial charge >= 0.3 is 6.09 Å². The van der Waals surface area contributed by atoms with Crippen molar-refractivity contribution < 1.29 is 9.53 Å². The van der Waals surface area contributed by atoms with Crippen molar-refractivity contribution in [1.29, 1.82) is 0 Å². The number of benzene rings is 1. The summed E-state index contributed by atoms with van der Waals surface area (Å²) in [6.07, 6.45) is -0.266. The Labute approximate surface area is 167 Å². The van der Waals surface area contributed by atoms with Crippen LogP contribution in [-0.4, -0.2) is 53.6 Å². The van der Waals surface area contributed by atoms with E-state index in [2.05, 4.69) is 24.0 Å². The molecule has 0 aromatic heterocycles. The predicted molar refractivity (Wildman–Crippen MR) is 111 cm³/mol. The van der Waals surface area contributed by atoms with Gasteiger partial charge in [-0.3, -0.25) is 0 Å². The van der Waals surface area contributed by atoms with Gasteiger partial charge in [-0.05, 0) is 38.8 Å². The number of carbonyl (C=O) groups excluding carboxylic acids is 1. The average Bonchev–Trinajstić information content (AvgIpc) is 2.52. The van der Waals surface area contributed by atoms with Crippen LogP contribution in [0.3, 0.4) is 0 Å². The summed E-state index contributed by atoms with van der Waals surface area (Å²) >= 11 is 0. The Morgan fingerprint density at radius 1 is 1.16 bits per heavy atom. The molecule has 1 aliphatic heterocycles. The number of hydrogen-bond donors (Lipinski definition) is 1. The number of nitrogens with two attached hydrogens (primary N) is 1. The van der Waals surface area contributed by atoms with E-state index < -0.39 is 5.60 Å². The maximum Gasteiger partial charge on any atom is 0.410 e. The second-order valence-electron chi connectivity index (χ2n) is 7.06. The van der Waals surface area contributed by atoms with Gasteiger partial charge in [0.1, 0.15) is 5.60 Å². The second kappa shape index (κ2) is 9.26. The maximum absolute atomic E-state index is 12.1. The average molecular weight is 460 g/mol. The summed E-state index contributed by atoms with van der Waals surface area (Å²) < 4.78 is 5.40. The molecule has 2 rings (SSSR count). The molecule has 7 heteroatoms. The minimum Gasteiger partial charge on any atom is -0.444 e. The van der Waals surface area contributed by atoms with Crippen LogP contribution >= 0.6 is 24.0 Å². The molecule has 0 aliphatic carbocycles. The summed E-state index contributed by atoms with van der Waals surface area (Å²) in [5.41, 5.74) is 8.03. The molecule has 2 N–H and O–H groups in total. The third-order valence-electron chi connectivity index (χ3n) is 3.93. The van der Waals surface area contributed by atoms with Crippen molar-refractivity contribution in [2.24, 2.45) is 10.7 Å². The number of halogens is 1. The summed E-state index contributed by atoms with van der Waals surface area (Å²) in [5, 5.41) is 0. The van der Waals surface area contributed by atoms with Crippen LogP contribution in [0.4, 0.5) is 4.79 Å². The smallest absolute Gasteiger partial charge is 0.410 e. The predicted octanol–water partition coefficient (Wildman–Crippen LogP) is 2.98. The van der Waals surface area contributed by atoms with Crippen molar-refractivity contribution in [2.75, 3.05) is 26.2 Å². The van der Waals surface area contributed by atoms with Gasteiger partial charge in [0, 0.05) is 26.2 Å². The number of aliphatic imine (C=N–C) groups is 1. The Bertz CT molecular complexity index is 605. The number of nitrogens with zero attached hydrogens (tertiary/aromatic N) is 3. The Balaban J connectivity index is 0.00000312. The van der Waals surface area contributed by atoms with Crippen molar-refractivity contribution in [3.05, 3.63) is 35.4 Å². The molecule has 0 spiro atoms. The fourth-order valence-electron chi connectivity index (χ4n) is 2.50. The number of ether oxygens (including phenoxy) is 1. The topological polar surface area (TPSA) is 71.2 Å². The van der Waals surface area contributed by atoms with Crippen LogP contribution < -0.4 is 5.73 Å². The Kier molecular flexibility index (Phi) is 7.98. The molecule has 1 aliphatic rings. The normalized spacial score (nSPS) is 15.6. The van der Waals surface area contributed by atoms with Gasteiger partial charge in [-0.2, -0.15) is 0 Å². The zero-order valence-corrected chi connectivity index (χ0v) is 17.8. The quantitative estimate of drug-likeness (QED) is 0.419. The molecule has 1 saturated heterocycles. The van der Waals surface area contributed by atoms with Gasteiger partial charge in [-0.15, -0.1) is 24.0 Å². The first-order valence-corrected chi connectivity index (χ1v) is 8.33. The van der Waals surface area contributed by atoms with E-state index in [1.165, 1.54) is 11.1 Å². The lowest BCUT2D eigenvalue weighted by Crippen LogP contribution is -2.53. The van der Waals surface area contributed by atoms with Crippen LogP contribution in [0.25, 0.3) is 0 Å². The summed E-state index contributed by atoms with van der Waals surface area (Å²) in [6, 6.07) is 8.16. The van der Waals surface area contributed by atoms with Crippen molar-refractivity contribution in [3.8, 4) is 0 Å². The van der Waals surface area contributed by atoms with Gasteiger partial charge in [0.2, 0.25) is 0 Å². The first-order chi connectivity index (χ1) is 11.3. The molecule has 140 valence electrons. The van der Waals surface area contributed by atoms with E-state index in [-0.39, 0.29) is 30.1 Å². The van der Waals surface area contributed by atoms with Crippen LogP contribution in [0.5, 0.6) is 0 Å². The Hall–Kier alpha value is -1.51. The van der Waals surface area contributed by atoms with Gasteiger partial charge in [0.15, 0.2) is 5.96 Å². The first-order valence-electron chi connectivity index (χ1n) is 8.33. The van der Waals surface area contributed by atoms with Crippen molar-refractivity contribution in [3.63, 3.8) is 0 Å². The van der Waals surface area contributed by atoms with Gasteiger partial charge < -0.3 is 20.3 Å². The standard InChI is InChI=1S/C18H28N4O2.HI/c1-14-7-5-6-8-15(14)13-20-16(19)21-9-11-22(12-10-21)17(23)24-18(2,3)4;/h5-8H,9-13H2,1-4H3,(H2,19,20);1H. The number of hydrogen-bond acceptors (Lipinski definition) is 3. The molecule has 0 atom stereocenters. The molecule has 1 aromatic carbocycles. The Morgan fingerprint density at radius 3 is 2.28 bits per heavy atom. The van der Waals surface area contributed by atoms with Gasteiger partial charge in [0.25, 0.3) is 0 Å². The zero-order valence-electron chi connectivity index (χ0n) is 15.5. The lowest BCUT2D eigenvalue weighted by molar-refractivity contribution is 0.0186. The minimum atomic E-state index is -0.470. The van der Waals surface area contributed by atoms with E-state index in [1.807, 2.05) is 37.8 Å². The lowest BCUT2D eigenvalue weighted by Gasteiger charge is -2.36. The van der Waals surface area contributed by atoms with Crippen LogP contribution in [0.2, 0.25) is 0 Å². The Morgan fingerprint density at radius 2 is 1.72 bits per heavy atom. The second-order valence-corrected chi connectivity index (χ2v) is 7.06. The van der Waals surface area contributed by atoms with Crippen LogP contribution in [-0.2, 0) is 11.3 Å². The highest BCUT2D eigenvalue weighted by Gasteiger charge is 2.26. The van der Waals surface area contributed by atoms with Crippen molar-refractivity contribution >= 4 is 36.0 Å². The summed E-state index contributed by atoms with van der Waals surface area (Å²) in [6.45, 7) is 10.8. The summed E-state index contributed by atoms with van der Waals surface area (Å²) in [4.78, 5) is 20.3. The highest BCUT2D eigenvalue weighted by molar-refractivity contribution is 14.0. The van der Waals surface area contributed by atoms with Gasteiger partial charge in [-0.25, -0.2) is 9.79 Å². The zero-order chi connectivity index (χ0) is 17.7. The molecule has 0 saturated carbocycles. The van der Waals surface area contributed by atoms with E-state index >= 15 is 0 Å². The van der Waals surface area contributed by atoms with E-state index in [1.54, 1.807) is 4.90 Å². The van der Waals surface area contributed by atoms with Crippen molar-refractivity contribution in [2.45, 2.75) is 39.8 Å². The monoisotopic (exact) mass is 460 g/mol. The fraction of sp³-hybridized carbons (Fsp3) is 0.556. The van der Waals surface area contributed by atoms with Gasteiger partial charge in [0.05, 0.1) is 6.54 Å². The molecular formula is C18H29IN4O2. The van der Waals surface area contributed by atoms with Gasteiger partial charge in [-0.1, -0.05) is 24.3 Å². The molecular weight excluding hydrogens is 431 g/mol. The van der Waals surface area contributed by atoms with Crippen LogP contribution in [0, 0.1) is 6.92 Å². The maximum atomic E-state index is 12.1. The minimum absolute atomic E-state index is 0. The molecule has 1 aromatic rings. The largest absolute Gasteiger partial charge is 0.444 e. The van der Waals surface area contributed by atoms with E-state index in [9.17, 15) is 4.79 Å². The third kappa shape index (κ3) is 6.72. The number of aryl methyl sites for hydroxylation is 1. The molecule has 1 fully saturated rings. The van der Waals surface area contributed by atoms with Crippen molar-refractivity contribution in [1.82, 2.24) is 9.80 Å². The SMILES string of the molecule is Cc1ccccc1CN=C(N)N1CCN(C(=O)OC(C)(C)C)CC1.I. The number of rotatable bonds is 2. The fourth-order valence-corrected chi connectivity index (χ4v) is 2.50. The third-order valence-corrected chi connectivity index (χ3v) is 3.93. The van der Waals surface area contributed by atoms with Crippen LogP contribution in [0.15, 0.2) is 29.3 Å². The van der Waals surface area contributed by atoms with E-state index in [0.29, 0.717) is 38.7 Å². The number of carbonyl (C=O) groups is 1. The van der Waals surface area contributed by atoms with Crippen LogP contribution in [0.1, 0.15) is 31.9 Å². The molecule has 25 heavy (non-hydrogen) atoms. The molecule has 1 heterocycles.